The Morgan fingerprint density at radius 3 is 2.79 bits per heavy atom. The maximum atomic E-state index is 5.43. The van der Waals surface area contributed by atoms with Gasteiger partial charge in [-0.1, -0.05) is 24.3 Å². The number of methoxy groups -OCH3 is 1. The van der Waals surface area contributed by atoms with E-state index in [1.165, 1.54) is 33.3 Å². The van der Waals surface area contributed by atoms with Gasteiger partial charge >= 0.3 is 0 Å². The summed E-state index contributed by atoms with van der Waals surface area (Å²) in [5.41, 5.74) is 6.62. The fraction of sp³-hybridized carbons (Fsp3) is 0.261. The number of hydrogen-bond acceptors (Lipinski definition) is 3. The summed E-state index contributed by atoms with van der Waals surface area (Å²) in [5, 5.41) is 5.60. The predicted octanol–water partition coefficient (Wildman–Crippen LogP) is 3.98. The zero-order valence-electron chi connectivity index (χ0n) is 16.1. The normalized spacial score (nSPS) is 14.3. The highest BCUT2D eigenvalue weighted by atomic mass is 16.5. The number of ether oxygens (including phenoxy) is 1. The maximum Gasteiger partial charge on any atom is 0.119 e. The summed E-state index contributed by atoms with van der Waals surface area (Å²) < 4.78 is 7.39. The van der Waals surface area contributed by atoms with Gasteiger partial charge in [-0.2, -0.15) is 5.10 Å². The Hall–Kier alpha value is -3.05. The summed E-state index contributed by atoms with van der Waals surface area (Å²) in [5.74, 6) is 0.915. The molecule has 5 rings (SSSR count). The van der Waals surface area contributed by atoms with Crippen LogP contribution in [-0.4, -0.2) is 33.3 Å². The first kappa shape index (κ1) is 17.1. The van der Waals surface area contributed by atoms with Gasteiger partial charge in [0.05, 0.1) is 13.7 Å². The number of nitrogens with one attached hydrogen (secondary N) is 1. The van der Waals surface area contributed by atoms with E-state index in [4.69, 9.17) is 4.74 Å². The molecular formula is C23H24N4O. The van der Waals surface area contributed by atoms with E-state index in [1.807, 2.05) is 29.2 Å². The van der Waals surface area contributed by atoms with E-state index in [0.717, 1.165) is 38.3 Å². The van der Waals surface area contributed by atoms with Crippen molar-refractivity contribution >= 4 is 10.9 Å². The molecular weight excluding hydrogens is 348 g/mol. The standard InChI is InChI=1S/C23H24N4O/c1-28-19-6-7-22-20(13-19)21-16-26(11-8-23(21)25-22)14-17-4-2-5-18(12-17)15-27-10-3-9-24-27/h2-7,9-10,12-13,25H,8,11,14-16H2,1H3. The van der Waals surface area contributed by atoms with E-state index >= 15 is 0 Å². The van der Waals surface area contributed by atoms with Crippen molar-refractivity contribution < 1.29 is 4.74 Å². The second-order valence-corrected chi connectivity index (χ2v) is 7.48. The third-order valence-corrected chi connectivity index (χ3v) is 5.56. The third kappa shape index (κ3) is 3.29. The lowest BCUT2D eigenvalue weighted by Gasteiger charge is -2.27. The van der Waals surface area contributed by atoms with Crippen molar-refractivity contribution in [3.05, 3.63) is 83.3 Å². The van der Waals surface area contributed by atoms with Crippen LogP contribution in [0.2, 0.25) is 0 Å². The maximum absolute atomic E-state index is 5.43. The van der Waals surface area contributed by atoms with E-state index in [0.29, 0.717) is 0 Å². The highest BCUT2D eigenvalue weighted by Crippen LogP contribution is 2.31. The molecule has 0 aliphatic carbocycles. The fourth-order valence-electron chi connectivity index (χ4n) is 4.18. The molecule has 28 heavy (non-hydrogen) atoms. The summed E-state index contributed by atoms with van der Waals surface area (Å²) in [6.07, 6.45) is 4.88. The van der Waals surface area contributed by atoms with Crippen LogP contribution in [0.5, 0.6) is 5.75 Å². The number of benzene rings is 2. The Labute approximate surface area is 164 Å². The van der Waals surface area contributed by atoms with Crippen LogP contribution in [-0.2, 0) is 26.1 Å². The van der Waals surface area contributed by atoms with Gasteiger partial charge in [-0.15, -0.1) is 0 Å². The van der Waals surface area contributed by atoms with Gasteiger partial charge in [0, 0.05) is 55.0 Å². The zero-order valence-corrected chi connectivity index (χ0v) is 16.1. The molecule has 1 aliphatic rings. The minimum atomic E-state index is 0.813. The highest BCUT2D eigenvalue weighted by molar-refractivity contribution is 5.86. The first-order valence-corrected chi connectivity index (χ1v) is 9.73. The average Bonchev–Trinajstić information content (AvgIpc) is 3.35. The summed E-state index contributed by atoms with van der Waals surface area (Å²) in [4.78, 5) is 6.12. The van der Waals surface area contributed by atoms with E-state index < -0.39 is 0 Å². The van der Waals surface area contributed by atoms with Gasteiger partial charge in [-0.05, 0) is 41.0 Å². The molecule has 4 aromatic rings. The Kier molecular flexibility index (Phi) is 4.37. The van der Waals surface area contributed by atoms with Crippen LogP contribution in [0.1, 0.15) is 22.4 Å². The molecule has 0 saturated carbocycles. The molecule has 0 fully saturated rings. The first-order chi connectivity index (χ1) is 13.8. The van der Waals surface area contributed by atoms with E-state index in [2.05, 4.69) is 51.4 Å². The molecule has 0 spiro atoms. The fourth-order valence-corrected chi connectivity index (χ4v) is 4.18. The molecule has 1 aliphatic heterocycles. The molecule has 5 heteroatoms. The van der Waals surface area contributed by atoms with Gasteiger partial charge in [0.15, 0.2) is 0 Å². The molecule has 0 radical (unpaired) electrons. The van der Waals surface area contributed by atoms with Crippen molar-refractivity contribution in [1.29, 1.82) is 0 Å². The lowest BCUT2D eigenvalue weighted by molar-refractivity contribution is 0.245. The summed E-state index contributed by atoms with van der Waals surface area (Å²) >= 11 is 0. The summed E-state index contributed by atoms with van der Waals surface area (Å²) in [6, 6.07) is 17.1. The Morgan fingerprint density at radius 1 is 1.07 bits per heavy atom. The summed E-state index contributed by atoms with van der Waals surface area (Å²) in [6.45, 7) is 3.81. The van der Waals surface area contributed by atoms with Crippen LogP contribution in [0.25, 0.3) is 10.9 Å². The van der Waals surface area contributed by atoms with Gasteiger partial charge in [0.25, 0.3) is 0 Å². The average molecular weight is 372 g/mol. The molecule has 0 unspecified atom stereocenters. The lowest BCUT2D eigenvalue weighted by Crippen LogP contribution is -2.29. The van der Waals surface area contributed by atoms with Crippen LogP contribution in [0.15, 0.2) is 60.9 Å². The minimum absolute atomic E-state index is 0.813. The smallest absolute Gasteiger partial charge is 0.119 e. The SMILES string of the molecule is COc1ccc2[nH]c3c(c2c1)CN(Cc1cccc(Cn2cccn2)c1)CC3. The van der Waals surface area contributed by atoms with Crippen molar-refractivity contribution in [2.45, 2.75) is 26.1 Å². The Bertz CT molecular complexity index is 1100. The number of nitrogens with zero attached hydrogens (tertiary/aromatic N) is 3. The number of rotatable bonds is 5. The highest BCUT2D eigenvalue weighted by Gasteiger charge is 2.21. The topological polar surface area (TPSA) is 46.1 Å². The summed E-state index contributed by atoms with van der Waals surface area (Å²) in [7, 11) is 1.73. The van der Waals surface area contributed by atoms with Crippen molar-refractivity contribution in [3.63, 3.8) is 0 Å². The van der Waals surface area contributed by atoms with Crippen LogP contribution in [0.4, 0.5) is 0 Å². The predicted molar refractivity (Wildman–Crippen MR) is 110 cm³/mol. The molecule has 0 atom stereocenters. The molecule has 2 aromatic carbocycles. The van der Waals surface area contributed by atoms with Gasteiger partial charge < -0.3 is 9.72 Å². The molecule has 142 valence electrons. The van der Waals surface area contributed by atoms with Gasteiger partial charge in [-0.25, -0.2) is 0 Å². The van der Waals surface area contributed by atoms with E-state index in [9.17, 15) is 0 Å². The second kappa shape index (κ2) is 7.17. The number of aromatic amines is 1. The largest absolute Gasteiger partial charge is 0.497 e. The third-order valence-electron chi connectivity index (χ3n) is 5.56. The number of fused-ring (bicyclic) bond motifs is 3. The first-order valence-electron chi connectivity index (χ1n) is 9.73. The Morgan fingerprint density at radius 2 is 1.96 bits per heavy atom. The lowest BCUT2D eigenvalue weighted by atomic mass is 10.0. The molecule has 1 N–H and O–H groups in total. The molecule has 0 bridgehead atoms. The van der Waals surface area contributed by atoms with E-state index in [1.54, 1.807) is 7.11 Å². The molecule has 0 amide bonds. The molecule has 3 heterocycles. The quantitative estimate of drug-likeness (QED) is 0.576. The number of hydrogen-bond donors (Lipinski definition) is 1. The number of H-pyrrole nitrogens is 1. The van der Waals surface area contributed by atoms with Crippen molar-refractivity contribution in [2.24, 2.45) is 0 Å². The van der Waals surface area contributed by atoms with Crippen LogP contribution in [0, 0.1) is 0 Å². The van der Waals surface area contributed by atoms with Crippen LogP contribution < -0.4 is 4.74 Å². The second-order valence-electron chi connectivity index (χ2n) is 7.48. The zero-order chi connectivity index (χ0) is 18.9. The van der Waals surface area contributed by atoms with Crippen LogP contribution in [0.3, 0.4) is 0 Å². The van der Waals surface area contributed by atoms with Crippen molar-refractivity contribution in [1.82, 2.24) is 19.7 Å². The van der Waals surface area contributed by atoms with Gasteiger partial charge in [0.1, 0.15) is 5.75 Å². The molecule has 2 aromatic heterocycles. The molecule has 5 nitrogen and oxygen atoms in total. The van der Waals surface area contributed by atoms with Gasteiger partial charge in [-0.3, -0.25) is 9.58 Å². The van der Waals surface area contributed by atoms with E-state index in [-0.39, 0.29) is 0 Å². The Balaban J connectivity index is 1.35. The molecule has 0 saturated heterocycles. The van der Waals surface area contributed by atoms with Crippen LogP contribution >= 0.6 is 0 Å². The number of aromatic nitrogens is 3. The van der Waals surface area contributed by atoms with Crippen molar-refractivity contribution in [2.75, 3.05) is 13.7 Å². The van der Waals surface area contributed by atoms with Gasteiger partial charge in [0.2, 0.25) is 0 Å². The minimum Gasteiger partial charge on any atom is -0.497 e. The van der Waals surface area contributed by atoms with Crippen molar-refractivity contribution in [3.8, 4) is 5.75 Å². The monoisotopic (exact) mass is 372 g/mol.